The van der Waals surface area contributed by atoms with Crippen molar-refractivity contribution in [1.82, 2.24) is 0 Å². The number of hydrogen-bond acceptors (Lipinski definition) is 2. The predicted octanol–water partition coefficient (Wildman–Crippen LogP) is 4.40. The van der Waals surface area contributed by atoms with E-state index >= 15 is 0 Å². The Bertz CT molecular complexity index is 535. The number of ether oxygens (including phenoxy) is 1. The zero-order chi connectivity index (χ0) is 13.8. The quantitative estimate of drug-likeness (QED) is 0.892. The largest absolute Gasteiger partial charge is 0.509 e. The summed E-state index contributed by atoms with van der Waals surface area (Å²) in [4.78, 5) is 0. The second-order valence-electron chi connectivity index (χ2n) is 5.12. The highest BCUT2D eigenvalue weighted by molar-refractivity contribution is 5.34. The van der Waals surface area contributed by atoms with Crippen molar-refractivity contribution in [2.24, 2.45) is 0 Å². The summed E-state index contributed by atoms with van der Waals surface area (Å²) in [6, 6.07) is 20.8. The lowest BCUT2D eigenvalue weighted by Gasteiger charge is -2.30. The van der Waals surface area contributed by atoms with Gasteiger partial charge in [0.1, 0.15) is 18.1 Å². The van der Waals surface area contributed by atoms with Gasteiger partial charge in [-0.05, 0) is 17.5 Å². The second-order valence-corrected chi connectivity index (χ2v) is 5.12. The van der Waals surface area contributed by atoms with Gasteiger partial charge in [0.2, 0.25) is 0 Å². The van der Waals surface area contributed by atoms with Gasteiger partial charge >= 0.3 is 0 Å². The Morgan fingerprint density at radius 1 is 0.900 bits per heavy atom. The minimum Gasteiger partial charge on any atom is -0.509 e. The first-order chi connectivity index (χ1) is 9.84. The molecule has 0 aliphatic carbocycles. The number of hydrogen-bond donors (Lipinski definition) is 1. The van der Waals surface area contributed by atoms with Gasteiger partial charge in [-0.15, -0.1) is 0 Å². The summed E-state index contributed by atoms with van der Waals surface area (Å²) in [7, 11) is 0. The van der Waals surface area contributed by atoms with Gasteiger partial charge in [0, 0.05) is 12.3 Å². The highest BCUT2D eigenvalue weighted by atomic mass is 16.5. The molecule has 2 heteroatoms. The number of aliphatic hydroxyl groups is 1. The molecule has 0 spiro atoms. The number of rotatable bonds is 3. The van der Waals surface area contributed by atoms with Gasteiger partial charge in [-0.2, -0.15) is 0 Å². The number of allylic oxidation sites excluding steroid dienone is 1. The van der Waals surface area contributed by atoms with Crippen molar-refractivity contribution in [3.63, 3.8) is 0 Å². The average molecular weight is 266 g/mol. The SMILES string of the molecule is OC1=COC(C(c2ccccc2)c2ccccc2)CC1. The minimum absolute atomic E-state index is 0.0655. The first-order valence-corrected chi connectivity index (χ1v) is 6.98. The third kappa shape index (κ3) is 2.69. The van der Waals surface area contributed by atoms with E-state index in [0.717, 1.165) is 6.42 Å². The van der Waals surface area contributed by atoms with Crippen LogP contribution in [0.4, 0.5) is 0 Å². The van der Waals surface area contributed by atoms with E-state index < -0.39 is 0 Å². The topological polar surface area (TPSA) is 29.5 Å². The van der Waals surface area contributed by atoms with Crippen LogP contribution in [0, 0.1) is 0 Å². The van der Waals surface area contributed by atoms with Gasteiger partial charge in [0.25, 0.3) is 0 Å². The third-order valence-electron chi connectivity index (χ3n) is 3.75. The molecule has 0 radical (unpaired) electrons. The second kappa shape index (κ2) is 5.83. The molecule has 1 atom stereocenters. The van der Waals surface area contributed by atoms with Crippen LogP contribution in [0.25, 0.3) is 0 Å². The van der Waals surface area contributed by atoms with Crippen LogP contribution in [0.1, 0.15) is 29.9 Å². The molecule has 0 fully saturated rings. The molecule has 1 heterocycles. The van der Waals surface area contributed by atoms with Crippen LogP contribution < -0.4 is 0 Å². The summed E-state index contributed by atoms with van der Waals surface area (Å²) in [5.41, 5.74) is 2.50. The molecule has 3 rings (SSSR count). The van der Waals surface area contributed by atoms with E-state index in [0.29, 0.717) is 12.2 Å². The molecule has 2 nitrogen and oxygen atoms in total. The normalized spacial score (nSPS) is 18.4. The van der Waals surface area contributed by atoms with Gasteiger partial charge in [0.05, 0.1) is 0 Å². The molecule has 0 saturated carbocycles. The fraction of sp³-hybridized carbons (Fsp3) is 0.222. The summed E-state index contributed by atoms with van der Waals surface area (Å²) in [6.07, 6.45) is 3.07. The molecule has 102 valence electrons. The monoisotopic (exact) mass is 266 g/mol. The lowest BCUT2D eigenvalue weighted by atomic mass is 9.84. The molecule has 1 aliphatic rings. The summed E-state index contributed by atoms with van der Waals surface area (Å²) >= 11 is 0. The minimum atomic E-state index is 0.0655. The van der Waals surface area contributed by atoms with E-state index in [-0.39, 0.29) is 12.0 Å². The number of aliphatic hydroxyl groups excluding tert-OH is 1. The van der Waals surface area contributed by atoms with E-state index in [2.05, 4.69) is 48.5 Å². The van der Waals surface area contributed by atoms with Crippen molar-refractivity contribution in [3.05, 3.63) is 83.8 Å². The maximum atomic E-state index is 9.49. The fourth-order valence-electron chi connectivity index (χ4n) is 2.77. The molecule has 0 aromatic heterocycles. The molecule has 2 aromatic carbocycles. The third-order valence-corrected chi connectivity index (χ3v) is 3.75. The first-order valence-electron chi connectivity index (χ1n) is 6.98. The van der Waals surface area contributed by atoms with E-state index in [1.54, 1.807) is 0 Å². The van der Waals surface area contributed by atoms with Crippen LogP contribution in [-0.2, 0) is 4.74 Å². The van der Waals surface area contributed by atoms with Crippen LogP contribution in [0.3, 0.4) is 0 Å². The maximum Gasteiger partial charge on any atom is 0.127 e. The highest BCUT2D eigenvalue weighted by Gasteiger charge is 2.28. The van der Waals surface area contributed by atoms with Crippen LogP contribution in [0.15, 0.2) is 72.7 Å². The van der Waals surface area contributed by atoms with Crippen LogP contribution in [0.5, 0.6) is 0 Å². The van der Waals surface area contributed by atoms with Crippen molar-refractivity contribution in [1.29, 1.82) is 0 Å². The Balaban J connectivity index is 1.96. The van der Waals surface area contributed by atoms with Crippen molar-refractivity contribution < 1.29 is 9.84 Å². The van der Waals surface area contributed by atoms with E-state index in [1.807, 2.05) is 12.1 Å². The molecular formula is C18H18O2. The summed E-state index contributed by atoms with van der Waals surface area (Å²) < 4.78 is 5.75. The molecule has 0 saturated heterocycles. The van der Waals surface area contributed by atoms with Crippen molar-refractivity contribution in [2.75, 3.05) is 0 Å². The molecule has 2 aromatic rings. The van der Waals surface area contributed by atoms with Crippen LogP contribution in [-0.4, -0.2) is 11.2 Å². The molecule has 1 unspecified atom stereocenters. The smallest absolute Gasteiger partial charge is 0.127 e. The maximum absolute atomic E-state index is 9.49. The lowest BCUT2D eigenvalue weighted by molar-refractivity contribution is 0.0873. The summed E-state index contributed by atoms with van der Waals surface area (Å²) in [5.74, 6) is 0.530. The van der Waals surface area contributed by atoms with E-state index in [4.69, 9.17) is 4.74 Å². The van der Waals surface area contributed by atoms with Gasteiger partial charge < -0.3 is 9.84 Å². The predicted molar refractivity (Wildman–Crippen MR) is 79.5 cm³/mol. The van der Waals surface area contributed by atoms with Gasteiger partial charge in [-0.25, -0.2) is 0 Å². The molecule has 1 aliphatic heterocycles. The summed E-state index contributed by atoms with van der Waals surface area (Å²) in [5, 5.41) is 9.49. The first kappa shape index (κ1) is 12.8. The zero-order valence-electron chi connectivity index (χ0n) is 11.3. The standard InChI is InChI=1S/C18H18O2/c19-16-11-12-17(20-13-16)18(14-7-3-1-4-8-14)15-9-5-2-6-10-15/h1-10,13,17-19H,11-12H2. The van der Waals surface area contributed by atoms with Gasteiger partial charge in [0.15, 0.2) is 0 Å². The highest BCUT2D eigenvalue weighted by Crippen LogP contribution is 2.34. The Kier molecular flexibility index (Phi) is 3.73. The van der Waals surface area contributed by atoms with Crippen LogP contribution in [0.2, 0.25) is 0 Å². The van der Waals surface area contributed by atoms with Crippen molar-refractivity contribution in [3.8, 4) is 0 Å². The zero-order valence-corrected chi connectivity index (χ0v) is 11.3. The van der Waals surface area contributed by atoms with E-state index in [1.165, 1.54) is 17.4 Å². The Morgan fingerprint density at radius 3 is 1.90 bits per heavy atom. The molecule has 20 heavy (non-hydrogen) atoms. The van der Waals surface area contributed by atoms with E-state index in [9.17, 15) is 5.11 Å². The van der Waals surface area contributed by atoms with Gasteiger partial charge in [-0.1, -0.05) is 60.7 Å². The number of benzene rings is 2. The molecule has 0 amide bonds. The average Bonchev–Trinajstić information content (AvgIpc) is 2.52. The molecule has 0 bridgehead atoms. The van der Waals surface area contributed by atoms with Gasteiger partial charge in [-0.3, -0.25) is 0 Å². The summed E-state index contributed by atoms with van der Waals surface area (Å²) in [6.45, 7) is 0. The Labute approximate surface area is 119 Å². The van der Waals surface area contributed by atoms with Crippen molar-refractivity contribution in [2.45, 2.75) is 24.9 Å². The molecule has 1 N–H and O–H groups in total. The Morgan fingerprint density at radius 2 is 1.45 bits per heavy atom. The lowest BCUT2D eigenvalue weighted by Crippen LogP contribution is -2.24. The fourth-order valence-corrected chi connectivity index (χ4v) is 2.77. The van der Waals surface area contributed by atoms with Crippen molar-refractivity contribution >= 4 is 0 Å². The van der Waals surface area contributed by atoms with Crippen LogP contribution >= 0.6 is 0 Å². The Hall–Kier alpha value is -2.22. The molecular weight excluding hydrogens is 248 g/mol.